The maximum Gasteiger partial charge on any atom is 0.230 e. The summed E-state index contributed by atoms with van der Waals surface area (Å²) in [5.41, 5.74) is 0. The molecular weight excluding hydrogens is 280 g/mol. The summed E-state index contributed by atoms with van der Waals surface area (Å²) in [6.07, 6.45) is 3.60. The number of rotatable bonds is 5. The predicted octanol–water partition coefficient (Wildman–Crippen LogP) is 1.20. The highest BCUT2D eigenvalue weighted by molar-refractivity contribution is 5.77. The van der Waals surface area contributed by atoms with Crippen molar-refractivity contribution in [3.8, 4) is 0 Å². The molecule has 0 radical (unpaired) electrons. The minimum atomic E-state index is -0.0447. The summed E-state index contributed by atoms with van der Waals surface area (Å²) in [4.78, 5) is 29.3. The molecule has 0 saturated carbocycles. The largest absolute Gasteiger partial charge is 0.349 e. The Balaban J connectivity index is 2.17. The Morgan fingerprint density at radius 3 is 2.45 bits per heavy atom. The van der Waals surface area contributed by atoms with Gasteiger partial charge in [0, 0.05) is 33.1 Å². The van der Waals surface area contributed by atoms with Gasteiger partial charge in [0.15, 0.2) is 5.82 Å². The fraction of sp³-hybridized carbons (Fsp3) is 0.733. The van der Waals surface area contributed by atoms with E-state index in [-0.39, 0.29) is 11.8 Å². The van der Waals surface area contributed by atoms with Crippen molar-refractivity contribution in [2.75, 3.05) is 37.0 Å². The summed E-state index contributed by atoms with van der Waals surface area (Å²) in [5.74, 6) is 1.91. The van der Waals surface area contributed by atoms with Crippen molar-refractivity contribution >= 4 is 17.8 Å². The lowest BCUT2D eigenvalue weighted by Gasteiger charge is -2.27. The Bertz CT molecular complexity index is 511. The van der Waals surface area contributed by atoms with Gasteiger partial charge in [0.2, 0.25) is 17.8 Å². The molecule has 1 amide bonds. The molecule has 1 aliphatic heterocycles. The standard InChI is InChI=1S/C15H26N6O/c1-11(2)13(22)16-10-12-17-14(20(3)4)19-15(18-12)21-8-6-5-7-9-21/h11H,5-10H2,1-4H3,(H,16,22). The topological polar surface area (TPSA) is 74.2 Å². The van der Waals surface area contributed by atoms with Crippen LogP contribution in [0.1, 0.15) is 38.9 Å². The van der Waals surface area contributed by atoms with Crippen LogP contribution in [0.15, 0.2) is 0 Å². The van der Waals surface area contributed by atoms with Crippen LogP contribution in [0.2, 0.25) is 0 Å². The molecule has 0 aliphatic carbocycles. The van der Waals surface area contributed by atoms with Crippen LogP contribution in [0.4, 0.5) is 11.9 Å². The van der Waals surface area contributed by atoms with Gasteiger partial charge in [0.05, 0.1) is 6.54 Å². The summed E-state index contributed by atoms with van der Waals surface area (Å²) in [7, 11) is 3.82. The molecule has 1 aromatic rings. The second-order valence-electron chi connectivity index (χ2n) is 6.17. The fourth-order valence-corrected chi connectivity index (χ4v) is 2.28. The van der Waals surface area contributed by atoms with Crippen LogP contribution in [0.25, 0.3) is 0 Å². The summed E-state index contributed by atoms with van der Waals surface area (Å²) < 4.78 is 0. The van der Waals surface area contributed by atoms with E-state index < -0.39 is 0 Å². The van der Waals surface area contributed by atoms with E-state index in [2.05, 4.69) is 25.2 Å². The Labute approximate surface area is 132 Å². The average Bonchev–Trinajstić information content (AvgIpc) is 2.53. The van der Waals surface area contributed by atoms with Crippen LogP contribution in [-0.2, 0) is 11.3 Å². The van der Waals surface area contributed by atoms with Gasteiger partial charge < -0.3 is 15.1 Å². The molecule has 0 unspecified atom stereocenters. The number of hydrogen-bond donors (Lipinski definition) is 1. The highest BCUT2D eigenvalue weighted by Gasteiger charge is 2.17. The zero-order chi connectivity index (χ0) is 16.1. The molecule has 1 saturated heterocycles. The number of carbonyl (C=O) groups is 1. The van der Waals surface area contributed by atoms with Crippen molar-refractivity contribution < 1.29 is 4.79 Å². The molecule has 1 fully saturated rings. The van der Waals surface area contributed by atoms with E-state index in [4.69, 9.17) is 0 Å². The monoisotopic (exact) mass is 306 g/mol. The molecule has 2 heterocycles. The van der Waals surface area contributed by atoms with Crippen LogP contribution < -0.4 is 15.1 Å². The molecule has 0 spiro atoms. The van der Waals surface area contributed by atoms with E-state index >= 15 is 0 Å². The van der Waals surface area contributed by atoms with Gasteiger partial charge in [-0.3, -0.25) is 4.79 Å². The van der Waals surface area contributed by atoms with Crippen LogP contribution in [0.3, 0.4) is 0 Å². The third-order valence-electron chi connectivity index (χ3n) is 3.64. The quantitative estimate of drug-likeness (QED) is 0.881. The number of nitrogens with zero attached hydrogens (tertiary/aromatic N) is 5. The van der Waals surface area contributed by atoms with E-state index in [1.165, 1.54) is 19.3 Å². The summed E-state index contributed by atoms with van der Waals surface area (Å²) >= 11 is 0. The number of anilines is 2. The van der Waals surface area contributed by atoms with E-state index in [1.54, 1.807) is 0 Å². The Morgan fingerprint density at radius 1 is 1.18 bits per heavy atom. The molecule has 0 atom stereocenters. The van der Waals surface area contributed by atoms with Crippen LogP contribution >= 0.6 is 0 Å². The fourth-order valence-electron chi connectivity index (χ4n) is 2.28. The van der Waals surface area contributed by atoms with Crippen molar-refractivity contribution in [2.45, 2.75) is 39.7 Å². The van der Waals surface area contributed by atoms with Gasteiger partial charge in [-0.1, -0.05) is 13.8 Å². The van der Waals surface area contributed by atoms with Crippen LogP contribution in [0, 0.1) is 5.92 Å². The van der Waals surface area contributed by atoms with E-state index in [9.17, 15) is 4.79 Å². The molecule has 0 bridgehead atoms. The molecule has 7 nitrogen and oxygen atoms in total. The van der Waals surface area contributed by atoms with E-state index in [0.717, 1.165) is 13.1 Å². The average molecular weight is 306 g/mol. The zero-order valence-corrected chi connectivity index (χ0v) is 14.0. The highest BCUT2D eigenvalue weighted by Crippen LogP contribution is 2.17. The first-order valence-electron chi connectivity index (χ1n) is 7.92. The molecule has 122 valence electrons. The van der Waals surface area contributed by atoms with Gasteiger partial charge in [-0.2, -0.15) is 15.0 Å². The van der Waals surface area contributed by atoms with Crippen molar-refractivity contribution in [2.24, 2.45) is 5.92 Å². The minimum Gasteiger partial charge on any atom is -0.349 e. The lowest BCUT2D eigenvalue weighted by atomic mass is 10.1. The number of hydrogen-bond acceptors (Lipinski definition) is 6. The predicted molar refractivity (Wildman–Crippen MR) is 86.9 cm³/mol. The third kappa shape index (κ3) is 4.29. The maximum absolute atomic E-state index is 11.7. The highest BCUT2D eigenvalue weighted by atomic mass is 16.1. The van der Waals surface area contributed by atoms with Crippen molar-refractivity contribution in [1.82, 2.24) is 20.3 Å². The molecule has 22 heavy (non-hydrogen) atoms. The number of amides is 1. The first-order valence-corrected chi connectivity index (χ1v) is 7.92. The van der Waals surface area contributed by atoms with Crippen LogP contribution in [0.5, 0.6) is 0 Å². The van der Waals surface area contributed by atoms with Crippen molar-refractivity contribution in [3.05, 3.63) is 5.82 Å². The first kappa shape index (κ1) is 16.5. The van der Waals surface area contributed by atoms with Gasteiger partial charge in [-0.05, 0) is 19.3 Å². The third-order valence-corrected chi connectivity index (χ3v) is 3.64. The summed E-state index contributed by atoms with van der Waals surface area (Å²) in [5, 5.41) is 2.87. The van der Waals surface area contributed by atoms with E-state index in [1.807, 2.05) is 32.8 Å². The van der Waals surface area contributed by atoms with Crippen molar-refractivity contribution in [1.29, 1.82) is 0 Å². The molecular formula is C15H26N6O. The van der Waals surface area contributed by atoms with Gasteiger partial charge in [-0.15, -0.1) is 0 Å². The smallest absolute Gasteiger partial charge is 0.230 e. The molecule has 1 aliphatic rings. The van der Waals surface area contributed by atoms with Gasteiger partial charge in [0.1, 0.15) is 0 Å². The van der Waals surface area contributed by atoms with Crippen LogP contribution in [-0.4, -0.2) is 48.0 Å². The Hall–Kier alpha value is -1.92. The summed E-state index contributed by atoms with van der Waals surface area (Å²) in [6, 6.07) is 0. The SMILES string of the molecule is CC(C)C(=O)NCc1nc(N(C)C)nc(N2CCCCC2)n1. The first-order chi connectivity index (χ1) is 10.5. The Morgan fingerprint density at radius 2 is 1.86 bits per heavy atom. The lowest BCUT2D eigenvalue weighted by molar-refractivity contribution is -0.124. The zero-order valence-electron chi connectivity index (χ0n) is 14.0. The molecule has 0 aromatic carbocycles. The lowest BCUT2D eigenvalue weighted by Crippen LogP contribution is -2.33. The second-order valence-corrected chi connectivity index (χ2v) is 6.17. The molecule has 1 N–H and O–H groups in total. The molecule has 1 aromatic heterocycles. The van der Waals surface area contributed by atoms with Crippen molar-refractivity contribution in [3.63, 3.8) is 0 Å². The number of carbonyl (C=O) groups excluding carboxylic acids is 1. The minimum absolute atomic E-state index is 0.00587. The van der Waals surface area contributed by atoms with Gasteiger partial charge in [0.25, 0.3) is 0 Å². The summed E-state index contributed by atoms with van der Waals surface area (Å²) in [6.45, 7) is 6.03. The normalized spacial score (nSPS) is 15.0. The van der Waals surface area contributed by atoms with Gasteiger partial charge in [-0.25, -0.2) is 0 Å². The van der Waals surface area contributed by atoms with E-state index in [0.29, 0.717) is 24.3 Å². The van der Waals surface area contributed by atoms with Gasteiger partial charge >= 0.3 is 0 Å². The second kappa shape index (κ2) is 7.38. The number of nitrogens with one attached hydrogen (secondary N) is 1. The molecule has 7 heteroatoms. The number of piperidine rings is 1. The number of aromatic nitrogens is 3. The maximum atomic E-state index is 11.7. The molecule has 2 rings (SSSR count). The Kier molecular flexibility index (Phi) is 5.51.